The number of nitrogens with zero attached hydrogens (tertiary/aromatic N) is 3. The SMILES string of the molecule is COc1cc(Nc2nc(C(C)(C)C)cc(C(F)(F)F)n2)ccc1-c1nc(C)c[nH]1. The third kappa shape index (κ3) is 4.67. The van der Waals surface area contributed by atoms with Crippen molar-refractivity contribution in [1.29, 1.82) is 0 Å². The van der Waals surface area contributed by atoms with Crippen LogP contribution < -0.4 is 10.1 Å². The number of methoxy groups -OCH3 is 1. The van der Waals surface area contributed by atoms with Crippen molar-refractivity contribution in [1.82, 2.24) is 19.9 Å². The number of aromatic amines is 1. The number of benzene rings is 1. The molecule has 0 atom stereocenters. The minimum atomic E-state index is -4.57. The van der Waals surface area contributed by atoms with Gasteiger partial charge in [-0.2, -0.15) is 13.2 Å². The lowest BCUT2D eigenvalue weighted by Gasteiger charge is -2.20. The van der Waals surface area contributed by atoms with Gasteiger partial charge in [0.1, 0.15) is 17.3 Å². The van der Waals surface area contributed by atoms with Crippen LogP contribution in [0.1, 0.15) is 37.9 Å². The van der Waals surface area contributed by atoms with Crippen LogP contribution in [0.25, 0.3) is 11.4 Å². The van der Waals surface area contributed by atoms with Gasteiger partial charge in [0.25, 0.3) is 0 Å². The first-order valence-corrected chi connectivity index (χ1v) is 8.91. The molecular formula is C20H22F3N5O. The molecule has 2 aromatic heterocycles. The average Bonchev–Trinajstić information content (AvgIpc) is 3.06. The van der Waals surface area contributed by atoms with E-state index < -0.39 is 17.3 Å². The van der Waals surface area contributed by atoms with Crippen molar-refractivity contribution >= 4 is 11.6 Å². The second-order valence-corrected chi connectivity index (χ2v) is 7.64. The highest BCUT2D eigenvalue weighted by Gasteiger charge is 2.35. The number of H-pyrrole nitrogens is 1. The fraction of sp³-hybridized carbons (Fsp3) is 0.350. The molecule has 2 N–H and O–H groups in total. The first-order valence-electron chi connectivity index (χ1n) is 8.91. The number of imidazole rings is 1. The first-order chi connectivity index (χ1) is 13.5. The number of aryl methyl sites for hydroxylation is 1. The summed E-state index contributed by atoms with van der Waals surface area (Å²) in [7, 11) is 1.51. The predicted molar refractivity (Wildman–Crippen MR) is 104 cm³/mol. The number of hydrogen-bond acceptors (Lipinski definition) is 5. The fourth-order valence-corrected chi connectivity index (χ4v) is 2.68. The van der Waals surface area contributed by atoms with Crippen LogP contribution in [-0.2, 0) is 11.6 Å². The monoisotopic (exact) mass is 405 g/mol. The summed E-state index contributed by atoms with van der Waals surface area (Å²) >= 11 is 0. The molecule has 29 heavy (non-hydrogen) atoms. The Balaban J connectivity index is 1.99. The summed E-state index contributed by atoms with van der Waals surface area (Å²) in [4.78, 5) is 15.3. The minimum absolute atomic E-state index is 0.131. The Morgan fingerprint density at radius 1 is 1.00 bits per heavy atom. The smallest absolute Gasteiger partial charge is 0.433 e. The molecule has 0 fully saturated rings. The van der Waals surface area contributed by atoms with Crippen molar-refractivity contribution in [2.24, 2.45) is 0 Å². The van der Waals surface area contributed by atoms with E-state index in [0.717, 1.165) is 17.3 Å². The summed E-state index contributed by atoms with van der Waals surface area (Å²) in [6.45, 7) is 7.24. The van der Waals surface area contributed by atoms with Crippen LogP contribution in [0.5, 0.6) is 5.75 Å². The van der Waals surface area contributed by atoms with Gasteiger partial charge in [0, 0.05) is 23.4 Å². The molecule has 6 nitrogen and oxygen atoms in total. The van der Waals surface area contributed by atoms with Crippen LogP contribution in [0.4, 0.5) is 24.8 Å². The molecule has 2 heterocycles. The van der Waals surface area contributed by atoms with Crippen molar-refractivity contribution < 1.29 is 17.9 Å². The summed E-state index contributed by atoms with van der Waals surface area (Å²) in [5, 5.41) is 2.85. The van der Waals surface area contributed by atoms with Crippen LogP contribution >= 0.6 is 0 Å². The summed E-state index contributed by atoms with van der Waals surface area (Å²) in [6, 6.07) is 6.11. The van der Waals surface area contributed by atoms with E-state index in [9.17, 15) is 13.2 Å². The van der Waals surface area contributed by atoms with Gasteiger partial charge in [-0.05, 0) is 25.1 Å². The number of alkyl halides is 3. The molecule has 0 radical (unpaired) electrons. The normalized spacial score (nSPS) is 12.1. The molecule has 9 heteroatoms. The maximum absolute atomic E-state index is 13.3. The zero-order valence-electron chi connectivity index (χ0n) is 16.8. The number of aromatic nitrogens is 4. The summed E-state index contributed by atoms with van der Waals surface area (Å²) in [6.07, 6.45) is -2.80. The fourth-order valence-electron chi connectivity index (χ4n) is 2.68. The number of anilines is 2. The quantitative estimate of drug-likeness (QED) is 0.621. The van der Waals surface area contributed by atoms with Crippen LogP contribution in [0, 0.1) is 6.92 Å². The maximum atomic E-state index is 13.3. The molecule has 154 valence electrons. The van der Waals surface area contributed by atoms with Crippen molar-refractivity contribution in [2.45, 2.75) is 39.3 Å². The van der Waals surface area contributed by atoms with E-state index in [0.29, 0.717) is 17.3 Å². The molecule has 1 aromatic carbocycles. The maximum Gasteiger partial charge on any atom is 0.433 e. The number of hydrogen-bond donors (Lipinski definition) is 2. The molecule has 0 spiro atoms. The van der Waals surface area contributed by atoms with E-state index in [-0.39, 0.29) is 11.6 Å². The van der Waals surface area contributed by atoms with Gasteiger partial charge in [-0.1, -0.05) is 20.8 Å². The Morgan fingerprint density at radius 3 is 2.24 bits per heavy atom. The van der Waals surface area contributed by atoms with Gasteiger partial charge >= 0.3 is 6.18 Å². The Bertz CT molecular complexity index is 989. The second kappa shape index (κ2) is 7.38. The van der Waals surface area contributed by atoms with Crippen molar-refractivity contribution in [3.05, 3.63) is 47.5 Å². The molecule has 3 aromatic rings. The first kappa shape index (κ1) is 20.6. The van der Waals surface area contributed by atoms with Crippen molar-refractivity contribution in [3.63, 3.8) is 0 Å². The van der Waals surface area contributed by atoms with Gasteiger partial charge in [0.2, 0.25) is 5.95 Å². The van der Waals surface area contributed by atoms with Crippen molar-refractivity contribution in [3.8, 4) is 17.1 Å². The Morgan fingerprint density at radius 2 is 1.69 bits per heavy atom. The zero-order valence-corrected chi connectivity index (χ0v) is 16.8. The van der Waals surface area contributed by atoms with Gasteiger partial charge < -0.3 is 15.0 Å². The summed E-state index contributed by atoms with van der Waals surface area (Å²) in [5.74, 6) is 1.01. The highest BCUT2D eigenvalue weighted by molar-refractivity contribution is 5.70. The summed E-state index contributed by atoms with van der Waals surface area (Å²) in [5.41, 5.74) is 0.778. The molecule has 0 aliphatic carbocycles. The molecule has 0 unspecified atom stereocenters. The van der Waals surface area contributed by atoms with Gasteiger partial charge in [0.05, 0.1) is 24.1 Å². The van der Waals surface area contributed by atoms with Crippen LogP contribution in [0.3, 0.4) is 0 Å². The van der Waals surface area contributed by atoms with Gasteiger partial charge in [0.15, 0.2) is 0 Å². The number of rotatable bonds is 4. The molecule has 0 saturated heterocycles. The molecule has 3 rings (SSSR count). The van der Waals surface area contributed by atoms with E-state index in [2.05, 4.69) is 25.3 Å². The Hall–Kier alpha value is -3.10. The zero-order chi connectivity index (χ0) is 21.4. The Labute approximate surface area is 166 Å². The number of halogens is 3. The number of nitrogens with one attached hydrogen (secondary N) is 2. The van der Waals surface area contributed by atoms with E-state index in [1.807, 2.05) is 6.92 Å². The highest BCUT2D eigenvalue weighted by Crippen LogP contribution is 2.34. The van der Waals surface area contributed by atoms with Gasteiger partial charge in [-0.25, -0.2) is 15.0 Å². The van der Waals surface area contributed by atoms with E-state index >= 15 is 0 Å². The molecule has 0 aliphatic heterocycles. The molecule has 0 bridgehead atoms. The Kier molecular flexibility index (Phi) is 5.25. The third-order valence-corrected chi connectivity index (χ3v) is 4.20. The topological polar surface area (TPSA) is 75.7 Å². The standard InChI is InChI=1S/C20H22F3N5O/c1-11-10-24-17(25-11)13-7-6-12(8-14(13)29-5)26-18-27-15(19(2,3)4)9-16(28-18)20(21,22)23/h6-10H,1-5H3,(H,24,25)(H,26,27,28). The average molecular weight is 405 g/mol. The van der Waals surface area contributed by atoms with E-state index in [4.69, 9.17) is 4.74 Å². The second-order valence-electron chi connectivity index (χ2n) is 7.64. The highest BCUT2D eigenvalue weighted by atomic mass is 19.4. The van der Waals surface area contributed by atoms with Crippen LogP contribution in [0.15, 0.2) is 30.5 Å². The number of ether oxygens (including phenoxy) is 1. The van der Waals surface area contributed by atoms with Gasteiger partial charge in [-0.15, -0.1) is 0 Å². The predicted octanol–water partition coefficient (Wildman–Crippen LogP) is 5.24. The molecule has 0 amide bonds. The van der Waals surface area contributed by atoms with E-state index in [1.54, 1.807) is 45.2 Å². The minimum Gasteiger partial charge on any atom is -0.496 e. The lowest BCUT2D eigenvalue weighted by atomic mass is 9.91. The molecular weight excluding hydrogens is 383 g/mol. The lowest BCUT2D eigenvalue weighted by molar-refractivity contribution is -0.141. The lowest BCUT2D eigenvalue weighted by Crippen LogP contribution is -2.19. The summed E-state index contributed by atoms with van der Waals surface area (Å²) < 4.78 is 45.3. The van der Waals surface area contributed by atoms with Crippen LogP contribution in [0.2, 0.25) is 0 Å². The van der Waals surface area contributed by atoms with Crippen molar-refractivity contribution in [2.75, 3.05) is 12.4 Å². The van der Waals surface area contributed by atoms with Crippen LogP contribution in [-0.4, -0.2) is 27.0 Å². The van der Waals surface area contributed by atoms with Gasteiger partial charge in [-0.3, -0.25) is 0 Å². The molecule has 0 saturated carbocycles. The third-order valence-electron chi connectivity index (χ3n) is 4.20. The molecule has 0 aliphatic rings. The largest absolute Gasteiger partial charge is 0.496 e. The van der Waals surface area contributed by atoms with E-state index in [1.165, 1.54) is 7.11 Å².